The van der Waals surface area contributed by atoms with E-state index in [1.807, 2.05) is 91.0 Å². The van der Waals surface area contributed by atoms with Crippen LogP contribution in [0.5, 0.6) is 0 Å². The van der Waals surface area contributed by atoms with Gasteiger partial charge in [-0.3, -0.25) is 4.98 Å². The molecule has 8 aromatic rings. The van der Waals surface area contributed by atoms with Crippen molar-refractivity contribution in [3.05, 3.63) is 140 Å². The average Bonchev–Trinajstić information content (AvgIpc) is 3.48. The minimum atomic E-state index is 0.567. The van der Waals surface area contributed by atoms with Crippen LogP contribution in [0.2, 0.25) is 0 Å². The van der Waals surface area contributed by atoms with Crippen molar-refractivity contribution in [1.82, 2.24) is 29.9 Å². The van der Waals surface area contributed by atoms with Crippen LogP contribution in [0.1, 0.15) is 0 Å². The standard InChI is InChI=1S/C37H24N6/c1-3-12-24(13-4-1)35-41-36(25-14-5-2-6-15-25)43-37(42-35)26-22-32(39-33(23-26)31-20-9-10-21-38-31)29-18-11-17-28-27-16-7-8-19-30(27)40-34(28)29/h1-23,40H. The van der Waals surface area contributed by atoms with Gasteiger partial charge in [-0.25, -0.2) is 19.9 Å². The van der Waals surface area contributed by atoms with E-state index >= 15 is 0 Å². The van der Waals surface area contributed by atoms with Gasteiger partial charge in [-0.15, -0.1) is 0 Å². The molecule has 0 aliphatic heterocycles. The van der Waals surface area contributed by atoms with Gasteiger partial charge in [-0.05, 0) is 30.3 Å². The van der Waals surface area contributed by atoms with E-state index < -0.39 is 0 Å². The van der Waals surface area contributed by atoms with Crippen molar-refractivity contribution in [2.24, 2.45) is 0 Å². The molecule has 0 aliphatic rings. The third-order valence-electron chi connectivity index (χ3n) is 7.53. The predicted molar refractivity (Wildman–Crippen MR) is 172 cm³/mol. The zero-order chi connectivity index (χ0) is 28.6. The number of rotatable bonds is 5. The number of nitrogens with zero attached hydrogens (tertiary/aromatic N) is 5. The first kappa shape index (κ1) is 24.8. The highest BCUT2D eigenvalue weighted by atomic mass is 15.0. The molecule has 8 rings (SSSR count). The smallest absolute Gasteiger partial charge is 0.164 e. The largest absolute Gasteiger partial charge is 0.354 e. The number of H-pyrrole nitrogens is 1. The summed E-state index contributed by atoms with van der Waals surface area (Å²) >= 11 is 0. The predicted octanol–water partition coefficient (Wildman–Crippen LogP) is 8.63. The van der Waals surface area contributed by atoms with E-state index in [1.54, 1.807) is 6.20 Å². The second-order valence-electron chi connectivity index (χ2n) is 10.3. The molecule has 0 aliphatic carbocycles. The number of benzene rings is 4. The van der Waals surface area contributed by atoms with Gasteiger partial charge in [0.05, 0.1) is 22.6 Å². The van der Waals surface area contributed by atoms with Crippen LogP contribution in [-0.4, -0.2) is 29.9 Å². The van der Waals surface area contributed by atoms with Crippen molar-refractivity contribution in [2.45, 2.75) is 0 Å². The first-order valence-electron chi connectivity index (χ1n) is 14.1. The molecule has 4 heterocycles. The highest BCUT2D eigenvalue weighted by Gasteiger charge is 2.17. The van der Waals surface area contributed by atoms with Crippen LogP contribution in [0.15, 0.2) is 140 Å². The molecule has 0 bridgehead atoms. The fourth-order valence-electron chi connectivity index (χ4n) is 5.47. The van der Waals surface area contributed by atoms with Crippen LogP contribution in [0.4, 0.5) is 0 Å². The van der Waals surface area contributed by atoms with Crippen molar-refractivity contribution >= 4 is 21.8 Å². The SMILES string of the molecule is c1ccc(-c2nc(-c3ccccc3)nc(-c3cc(-c4ccccn4)nc(-c4cccc5c4[nH]c4ccccc45)c3)n2)cc1. The van der Waals surface area contributed by atoms with E-state index in [4.69, 9.17) is 19.9 Å². The van der Waals surface area contributed by atoms with Crippen molar-refractivity contribution in [2.75, 3.05) is 0 Å². The van der Waals surface area contributed by atoms with Crippen molar-refractivity contribution in [3.63, 3.8) is 0 Å². The second-order valence-corrected chi connectivity index (χ2v) is 10.3. The molecule has 43 heavy (non-hydrogen) atoms. The first-order valence-corrected chi connectivity index (χ1v) is 14.1. The molecule has 202 valence electrons. The molecule has 0 radical (unpaired) electrons. The van der Waals surface area contributed by atoms with Gasteiger partial charge in [0.2, 0.25) is 0 Å². The van der Waals surface area contributed by atoms with Gasteiger partial charge in [0.15, 0.2) is 17.5 Å². The highest BCUT2D eigenvalue weighted by Crippen LogP contribution is 2.35. The molecular formula is C37H24N6. The van der Waals surface area contributed by atoms with Gasteiger partial charge in [0.25, 0.3) is 0 Å². The number of nitrogens with one attached hydrogen (secondary N) is 1. The normalized spacial score (nSPS) is 11.3. The lowest BCUT2D eigenvalue weighted by molar-refractivity contribution is 1.07. The summed E-state index contributed by atoms with van der Waals surface area (Å²) in [6.45, 7) is 0. The van der Waals surface area contributed by atoms with Gasteiger partial charge in [-0.2, -0.15) is 0 Å². The summed E-state index contributed by atoms with van der Waals surface area (Å²) in [5, 5.41) is 2.33. The van der Waals surface area contributed by atoms with E-state index in [0.717, 1.165) is 55.8 Å². The number of aromatic amines is 1. The fourth-order valence-corrected chi connectivity index (χ4v) is 5.47. The lowest BCUT2D eigenvalue weighted by atomic mass is 10.0. The lowest BCUT2D eigenvalue weighted by Gasteiger charge is -2.12. The summed E-state index contributed by atoms with van der Waals surface area (Å²) in [6, 6.07) is 44.6. The lowest BCUT2D eigenvalue weighted by Crippen LogP contribution is -2.01. The Morgan fingerprint density at radius 2 is 1.02 bits per heavy atom. The summed E-state index contributed by atoms with van der Waals surface area (Å²) in [6.07, 6.45) is 1.78. The van der Waals surface area contributed by atoms with Crippen molar-refractivity contribution in [3.8, 4) is 56.8 Å². The molecule has 1 N–H and O–H groups in total. The Morgan fingerprint density at radius 3 is 1.72 bits per heavy atom. The van der Waals surface area contributed by atoms with Crippen LogP contribution in [0.25, 0.3) is 78.6 Å². The molecule has 0 unspecified atom stereocenters. The number of fused-ring (bicyclic) bond motifs is 3. The van der Waals surface area contributed by atoms with Gasteiger partial charge in [0, 0.05) is 44.7 Å². The molecule has 0 saturated carbocycles. The Labute approximate surface area is 247 Å². The zero-order valence-electron chi connectivity index (χ0n) is 23.0. The number of hydrogen-bond acceptors (Lipinski definition) is 5. The highest BCUT2D eigenvalue weighted by molar-refractivity contribution is 6.11. The Morgan fingerprint density at radius 1 is 0.419 bits per heavy atom. The van der Waals surface area contributed by atoms with Gasteiger partial charge < -0.3 is 4.98 Å². The van der Waals surface area contributed by atoms with E-state index in [2.05, 4.69) is 52.4 Å². The summed E-state index contributed by atoms with van der Waals surface area (Å²) in [5.74, 6) is 1.79. The molecule has 0 atom stereocenters. The van der Waals surface area contributed by atoms with E-state index in [-0.39, 0.29) is 0 Å². The molecule has 6 nitrogen and oxygen atoms in total. The Balaban J connectivity index is 1.38. The molecule has 0 fully saturated rings. The van der Waals surface area contributed by atoms with E-state index in [1.165, 1.54) is 5.39 Å². The van der Waals surface area contributed by atoms with Crippen LogP contribution in [-0.2, 0) is 0 Å². The molecule has 0 saturated heterocycles. The van der Waals surface area contributed by atoms with Gasteiger partial charge in [0.1, 0.15) is 0 Å². The monoisotopic (exact) mass is 552 g/mol. The molecule has 4 aromatic carbocycles. The molecule has 6 heteroatoms. The number of pyridine rings is 2. The summed E-state index contributed by atoms with van der Waals surface area (Å²) in [4.78, 5) is 28.2. The van der Waals surface area contributed by atoms with E-state index in [9.17, 15) is 0 Å². The van der Waals surface area contributed by atoms with Gasteiger partial charge >= 0.3 is 0 Å². The minimum Gasteiger partial charge on any atom is -0.354 e. The molecule has 0 amide bonds. The van der Waals surface area contributed by atoms with Crippen molar-refractivity contribution in [1.29, 1.82) is 0 Å². The van der Waals surface area contributed by atoms with Crippen LogP contribution in [0, 0.1) is 0 Å². The molecule has 0 spiro atoms. The fraction of sp³-hybridized carbons (Fsp3) is 0. The Kier molecular flexibility index (Phi) is 6.01. The topological polar surface area (TPSA) is 80.2 Å². The Bertz CT molecular complexity index is 2170. The summed E-state index contributed by atoms with van der Waals surface area (Å²) in [5.41, 5.74) is 8.10. The van der Waals surface area contributed by atoms with E-state index in [0.29, 0.717) is 17.5 Å². The average molecular weight is 553 g/mol. The second kappa shape index (κ2) is 10.4. The molecule has 4 aromatic heterocycles. The summed E-state index contributed by atoms with van der Waals surface area (Å²) < 4.78 is 0. The number of para-hydroxylation sites is 2. The minimum absolute atomic E-state index is 0.567. The maximum atomic E-state index is 5.13. The molecular weight excluding hydrogens is 528 g/mol. The third kappa shape index (κ3) is 4.61. The quantitative estimate of drug-likeness (QED) is 0.231. The maximum Gasteiger partial charge on any atom is 0.164 e. The zero-order valence-corrected chi connectivity index (χ0v) is 23.0. The van der Waals surface area contributed by atoms with Crippen LogP contribution < -0.4 is 0 Å². The first-order chi connectivity index (χ1) is 21.3. The van der Waals surface area contributed by atoms with Crippen LogP contribution in [0.3, 0.4) is 0 Å². The van der Waals surface area contributed by atoms with Crippen LogP contribution >= 0.6 is 0 Å². The third-order valence-corrected chi connectivity index (χ3v) is 7.53. The number of hydrogen-bond donors (Lipinski definition) is 1. The van der Waals surface area contributed by atoms with Crippen molar-refractivity contribution < 1.29 is 0 Å². The van der Waals surface area contributed by atoms with Gasteiger partial charge in [-0.1, -0.05) is 103 Å². The number of aromatic nitrogens is 6. The maximum absolute atomic E-state index is 5.13. The summed E-state index contributed by atoms with van der Waals surface area (Å²) in [7, 11) is 0. The Hall–Kier alpha value is -6.01.